The third-order valence-corrected chi connectivity index (χ3v) is 4.07. The van der Waals surface area contributed by atoms with E-state index < -0.39 is 27.2 Å². The molecule has 0 atom stereocenters. The van der Waals surface area contributed by atoms with Crippen molar-refractivity contribution in [3.05, 3.63) is 53.7 Å². The molecule has 1 heterocycles. The predicted octanol–water partition coefficient (Wildman–Crippen LogP) is 1.92. The largest absolute Gasteiger partial charge is 0.396 e. The standard InChI is InChI=1S/C12H10F2N2O2S/c13-9-3-4-10(14)8(6-9)7-19(17,18)12-11(15)2-1-5-16-12/h1-6H,7,15H2. The van der Waals surface area contributed by atoms with E-state index in [1.54, 1.807) is 0 Å². The van der Waals surface area contributed by atoms with E-state index in [0.717, 1.165) is 18.2 Å². The average Bonchev–Trinajstić information content (AvgIpc) is 2.34. The Morgan fingerprint density at radius 1 is 1.21 bits per heavy atom. The van der Waals surface area contributed by atoms with Gasteiger partial charge in [0.05, 0.1) is 11.4 Å². The molecule has 7 heteroatoms. The van der Waals surface area contributed by atoms with Crippen LogP contribution in [0.1, 0.15) is 5.56 Å². The second-order valence-electron chi connectivity index (χ2n) is 3.89. The molecule has 0 spiro atoms. The summed E-state index contributed by atoms with van der Waals surface area (Å²) in [6.07, 6.45) is 1.27. The topological polar surface area (TPSA) is 73.0 Å². The van der Waals surface area contributed by atoms with E-state index in [4.69, 9.17) is 5.73 Å². The maximum absolute atomic E-state index is 13.4. The lowest BCUT2D eigenvalue weighted by Gasteiger charge is -2.07. The van der Waals surface area contributed by atoms with Crippen LogP contribution in [0.25, 0.3) is 0 Å². The first-order valence-electron chi connectivity index (χ1n) is 5.27. The smallest absolute Gasteiger partial charge is 0.201 e. The molecule has 1 aromatic carbocycles. The van der Waals surface area contributed by atoms with Gasteiger partial charge in [0.1, 0.15) is 11.6 Å². The van der Waals surface area contributed by atoms with Gasteiger partial charge >= 0.3 is 0 Å². The number of aromatic nitrogens is 1. The number of benzene rings is 1. The third kappa shape index (κ3) is 2.87. The number of nitrogen functional groups attached to an aromatic ring is 1. The van der Waals surface area contributed by atoms with Gasteiger partial charge in [-0.3, -0.25) is 0 Å². The van der Waals surface area contributed by atoms with Gasteiger partial charge in [0.25, 0.3) is 0 Å². The van der Waals surface area contributed by atoms with Crippen molar-refractivity contribution >= 4 is 15.5 Å². The highest BCUT2D eigenvalue weighted by atomic mass is 32.2. The predicted molar refractivity (Wildman–Crippen MR) is 65.9 cm³/mol. The fourth-order valence-corrected chi connectivity index (χ4v) is 3.01. The van der Waals surface area contributed by atoms with Crippen molar-refractivity contribution in [2.24, 2.45) is 0 Å². The lowest BCUT2D eigenvalue weighted by atomic mass is 10.2. The minimum atomic E-state index is -3.93. The van der Waals surface area contributed by atoms with Crippen LogP contribution in [0.5, 0.6) is 0 Å². The molecule has 0 aliphatic carbocycles. The van der Waals surface area contributed by atoms with Gasteiger partial charge in [-0.15, -0.1) is 0 Å². The zero-order valence-electron chi connectivity index (χ0n) is 9.68. The third-order valence-electron chi connectivity index (χ3n) is 2.45. The summed E-state index contributed by atoms with van der Waals surface area (Å²) in [6.45, 7) is 0. The van der Waals surface area contributed by atoms with E-state index in [1.807, 2.05) is 0 Å². The molecule has 0 saturated carbocycles. The van der Waals surface area contributed by atoms with Crippen LogP contribution in [0.4, 0.5) is 14.5 Å². The molecular formula is C12H10F2N2O2S. The summed E-state index contributed by atoms with van der Waals surface area (Å²) in [4.78, 5) is 3.67. The van der Waals surface area contributed by atoms with Crippen LogP contribution >= 0.6 is 0 Å². The highest BCUT2D eigenvalue weighted by Crippen LogP contribution is 2.21. The zero-order chi connectivity index (χ0) is 14.0. The van der Waals surface area contributed by atoms with E-state index >= 15 is 0 Å². The summed E-state index contributed by atoms with van der Waals surface area (Å²) in [7, 11) is -3.93. The van der Waals surface area contributed by atoms with Crippen LogP contribution in [-0.2, 0) is 15.6 Å². The number of halogens is 2. The second-order valence-corrected chi connectivity index (χ2v) is 5.80. The fourth-order valence-electron chi connectivity index (χ4n) is 1.59. The van der Waals surface area contributed by atoms with Crippen LogP contribution in [-0.4, -0.2) is 13.4 Å². The molecule has 0 saturated heterocycles. The van der Waals surface area contributed by atoms with E-state index in [2.05, 4.69) is 4.98 Å². The van der Waals surface area contributed by atoms with Crippen molar-refractivity contribution in [2.45, 2.75) is 10.8 Å². The van der Waals surface area contributed by atoms with Crippen molar-refractivity contribution in [2.75, 3.05) is 5.73 Å². The second kappa shape index (κ2) is 4.93. The highest BCUT2D eigenvalue weighted by Gasteiger charge is 2.21. The molecule has 0 aliphatic rings. The molecule has 2 aromatic rings. The van der Waals surface area contributed by atoms with Crippen LogP contribution in [0.2, 0.25) is 0 Å². The van der Waals surface area contributed by atoms with Gasteiger partial charge in [0.15, 0.2) is 5.03 Å². The Morgan fingerprint density at radius 2 is 1.95 bits per heavy atom. The number of pyridine rings is 1. The number of sulfone groups is 1. The van der Waals surface area contributed by atoms with Gasteiger partial charge in [0, 0.05) is 11.8 Å². The Labute approximate surface area is 108 Å². The van der Waals surface area contributed by atoms with Crippen molar-refractivity contribution in [3.63, 3.8) is 0 Å². The number of nitrogens with zero attached hydrogens (tertiary/aromatic N) is 1. The van der Waals surface area contributed by atoms with Gasteiger partial charge in [0.2, 0.25) is 9.84 Å². The molecule has 0 aliphatic heterocycles. The molecule has 0 bridgehead atoms. The maximum Gasteiger partial charge on any atom is 0.201 e. The zero-order valence-corrected chi connectivity index (χ0v) is 10.5. The summed E-state index contributed by atoms with van der Waals surface area (Å²) in [6, 6.07) is 5.49. The summed E-state index contributed by atoms with van der Waals surface area (Å²) < 4.78 is 50.5. The van der Waals surface area contributed by atoms with Gasteiger partial charge in [-0.1, -0.05) is 0 Å². The van der Waals surface area contributed by atoms with E-state index in [0.29, 0.717) is 0 Å². The summed E-state index contributed by atoms with van der Waals surface area (Å²) >= 11 is 0. The Kier molecular flexibility index (Phi) is 3.48. The summed E-state index contributed by atoms with van der Waals surface area (Å²) in [5.74, 6) is -2.20. The Balaban J connectivity index is 2.43. The van der Waals surface area contributed by atoms with E-state index in [-0.39, 0.29) is 16.3 Å². The van der Waals surface area contributed by atoms with Crippen LogP contribution in [0.3, 0.4) is 0 Å². The lowest BCUT2D eigenvalue weighted by molar-refractivity contribution is 0.577. The maximum atomic E-state index is 13.4. The fraction of sp³-hybridized carbons (Fsp3) is 0.0833. The van der Waals surface area contributed by atoms with Gasteiger partial charge < -0.3 is 5.73 Å². The molecular weight excluding hydrogens is 274 g/mol. The number of rotatable bonds is 3. The van der Waals surface area contributed by atoms with Crippen LogP contribution in [0.15, 0.2) is 41.6 Å². The van der Waals surface area contributed by atoms with E-state index in [1.165, 1.54) is 18.3 Å². The Hall–Kier alpha value is -2.02. The number of nitrogens with two attached hydrogens (primary N) is 1. The highest BCUT2D eigenvalue weighted by molar-refractivity contribution is 7.90. The Bertz CT molecular complexity index is 717. The summed E-state index contributed by atoms with van der Waals surface area (Å²) in [5.41, 5.74) is 5.23. The number of hydrogen-bond donors (Lipinski definition) is 1. The van der Waals surface area contributed by atoms with Crippen LogP contribution in [0, 0.1) is 11.6 Å². The molecule has 1 aromatic heterocycles. The Morgan fingerprint density at radius 3 is 2.63 bits per heavy atom. The van der Waals surface area contributed by atoms with Crippen molar-refractivity contribution in [3.8, 4) is 0 Å². The lowest BCUT2D eigenvalue weighted by Crippen LogP contribution is -2.11. The molecule has 19 heavy (non-hydrogen) atoms. The van der Waals surface area contributed by atoms with Crippen molar-refractivity contribution < 1.29 is 17.2 Å². The van der Waals surface area contributed by atoms with Gasteiger partial charge in [-0.05, 0) is 30.3 Å². The van der Waals surface area contributed by atoms with Gasteiger partial charge in [-0.25, -0.2) is 22.2 Å². The first-order chi connectivity index (χ1) is 8.90. The normalized spacial score (nSPS) is 11.5. The first-order valence-corrected chi connectivity index (χ1v) is 6.92. The molecule has 0 radical (unpaired) electrons. The number of hydrogen-bond acceptors (Lipinski definition) is 4. The molecule has 100 valence electrons. The van der Waals surface area contributed by atoms with Crippen molar-refractivity contribution in [1.29, 1.82) is 0 Å². The summed E-state index contributed by atoms with van der Waals surface area (Å²) in [5, 5.41) is -0.335. The minimum Gasteiger partial charge on any atom is -0.396 e. The molecule has 0 unspecified atom stereocenters. The first kappa shape index (κ1) is 13.4. The van der Waals surface area contributed by atoms with E-state index in [9.17, 15) is 17.2 Å². The van der Waals surface area contributed by atoms with Crippen LogP contribution < -0.4 is 5.73 Å². The van der Waals surface area contributed by atoms with Crippen molar-refractivity contribution in [1.82, 2.24) is 4.98 Å². The number of anilines is 1. The monoisotopic (exact) mass is 284 g/mol. The minimum absolute atomic E-state index is 0.0284. The molecule has 0 fully saturated rings. The molecule has 0 amide bonds. The average molecular weight is 284 g/mol. The SMILES string of the molecule is Nc1cccnc1S(=O)(=O)Cc1cc(F)ccc1F. The molecule has 4 nitrogen and oxygen atoms in total. The molecule has 2 N–H and O–H groups in total. The molecule has 2 rings (SSSR count). The van der Waals surface area contributed by atoms with Gasteiger partial charge in [-0.2, -0.15) is 0 Å². The quantitative estimate of drug-likeness (QED) is 0.934.